The second-order valence-electron chi connectivity index (χ2n) is 7.49. The fourth-order valence-electron chi connectivity index (χ4n) is 3.04. The highest BCUT2D eigenvalue weighted by molar-refractivity contribution is 5.88. The Bertz CT molecular complexity index is 783. The van der Waals surface area contributed by atoms with Gasteiger partial charge in [-0.15, -0.1) is 6.58 Å². The number of carbonyl (C=O) groups excluding carboxylic acids is 1. The zero-order valence-corrected chi connectivity index (χ0v) is 18.0. The molecule has 0 bridgehead atoms. The van der Waals surface area contributed by atoms with E-state index in [1.54, 1.807) is 6.08 Å². The molecule has 0 aliphatic rings. The first kappa shape index (κ1) is 23.6. The smallest absolute Gasteiger partial charge is 0.334 e. The van der Waals surface area contributed by atoms with Crippen molar-refractivity contribution in [1.29, 1.82) is 0 Å². The molecule has 160 valence electrons. The Morgan fingerprint density at radius 2 is 1.40 bits per heavy atom. The van der Waals surface area contributed by atoms with Crippen molar-refractivity contribution in [1.82, 2.24) is 0 Å². The molecule has 0 saturated heterocycles. The highest BCUT2D eigenvalue weighted by atomic mass is 16.5. The molecule has 2 atom stereocenters. The van der Waals surface area contributed by atoms with E-state index in [9.17, 15) is 4.79 Å². The normalized spacial score (nSPS) is 12.9. The zero-order valence-electron chi connectivity index (χ0n) is 18.0. The lowest BCUT2D eigenvalue weighted by Crippen LogP contribution is -2.29. The maximum atomic E-state index is 12.5. The monoisotopic (exact) mass is 408 g/mol. The summed E-state index contributed by atoms with van der Waals surface area (Å²) in [7, 11) is 0. The summed E-state index contributed by atoms with van der Waals surface area (Å²) in [4.78, 5) is 12.5. The van der Waals surface area contributed by atoms with Gasteiger partial charge in [-0.1, -0.05) is 73.3 Å². The standard InChI is InChI=1S/C26H32O4/c1-5-24(18-28-16-22-12-8-6-9-13-22)25(21(4)26(27)30-20(2)3)19-29-17-23-14-10-7-11-15-23/h5-15,20,24-25H,1,4,16-19H2,2-3H3/t24-,25+/m0/s1. The van der Waals surface area contributed by atoms with Gasteiger partial charge in [-0.05, 0) is 25.0 Å². The van der Waals surface area contributed by atoms with Crippen molar-refractivity contribution in [3.8, 4) is 0 Å². The second kappa shape index (κ2) is 12.8. The molecule has 2 rings (SSSR count). The molecule has 0 fully saturated rings. The van der Waals surface area contributed by atoms with Crippen LogP contribution in [0.1, 0.15) is 25.0 Å². The van der Waals surface area contributed by atoms with Gasteiger partial charge in [0, 0.05) is 17.4 Å². The summed E-state index contributed by atoms with van der Waals surface area (Å²) < 4.78 is 17.2. The van der Waals surface area contributed by atoms with Crippen LogP contribution in [-0.4, -0.2) is 25.3 Å². The Hall–Kier alpha value is -2.69. The Morgan fingerprint density at radius 1 is 0.900 bits per heavy atom. The van der Waals surface area contributed by atoms with Gasteiger partial charge in [0.15, 0.2) is 0 Å². The summed E-state index contributed by atoms with van der Waals surface area (Å²) in [5.74, 6) is -0.821. The predicted octanol–water partition coefficient (Wildman–Crippen LogP) is 5.35. The van der Waals surface area contributed by atoms with Crippen molar-refractivity contribution >= 4 is 5.97 Å². The fraction of sp³-hybridized carbons (Fsp3) is 0.346. The van der Waals surface area contributed by atoms with Crippen LogP contribution in [0, 0.1) is 11.8 Å². The molecule has 0 spiro atoms. The van der Waals surface area contributed by atoms with Gasteiger partial charge in [0.1, 0.15) is 0 Å². The van der Waals surface area contributed by atoms with Crippen molar-refractivity contribution in [3.63, 3.8) is 0 Å². The lowest BCUT2D eigenvalue weighted by molar-refractivity contribution is -0.143. The summed E-state index contributed by atoms with van der Waals surface area (Å²) in [6.07, 6.45) is 1.59. The van der Waals surface area contributed by atoms with E-state index in [-0.39, 0.29) is 17.9 Å². The summed E-state index contributed by atoms with van der Waals surface area (Å²) >= 11 is 0. The predicted molar refractivity (Wildman–Crippen MR) is 120 cm³/mol. The largest absolute Gasteiger partial charge is 0.460 e. The lowest BCUT2D eigenvalue weighted by atomic mass is 9.87. The van der Waals surface area contributed by atoms with Crippen LogP contribution in [0.15, 0.2) is 85.5 Å². The molecule has 30 heavy (non-hydrogen) atoms. The molecular weight excluding hydrogens is 376 g/mol. The zero-order chi connectivity index (χ0) is 21.8. The molecule has 0 unspecified atom stereocenters. The van der Waals surface area contributed by atoms with E-state index < -0.39 is 5.97 Å². The van der Waals surface area contributed by atoms with Crippen LogP contribution in [0.3, 0.4) is 0 Å². The van der Waals surface area contributed by atoms with Gasteiger partial charge in [0.25, 0.3) is 0 Å². The molecule has 4 nitrogen and oxygen atoms in total. The summed E-state index contributed by atoms with van der Waals surface area (Å²) in [6.45, 7) is 13.3. The summed E-state index contributed by atoms with van der Waals surface area (Å²) in [5, 5.41) is 0. The Morgan fingerprint density at radius 3 is 1.87 bits per heavy atom. The Labute approximate surface area is 180 Å². The van der Waals surface area contributed by atoms with Crippen LogP contribution in [0.2, 0.25) is 0 Å². The van der Waals surface area contributed by atoms with Crippen molar-refractivity contribution in [2.45, 2.75) is 33.2 Å². The van der Waals surface area contributed by atoms with Crippen LogP contribution in [-0.2, 0) is 32.2 Å². The van der Waals surface area contributed by atoms with Gasteiger partial charge in [-0.25, -0.2) is 4.79 Å². The quantitative estimate of drug-likeness (QED) is 0.255. The highest BCUT2D eigenvalue weighted by Gasteiger charge is 2.28. The van der Waals surface area contributed by atoms with Gasteiger partial charge in [-0.3, -0.25) is 0 Å². The Kier molecular flexibility index (Phi) is 10.1. The molecule has 0 aromatic heterocycles. The number of esters is 1. The molecular formula is C26H32O4. The lowest BCUT2D eigenvalue weighted by Gasteiger charge is -2.26. The molecule has 0 aliphatic heterocycles. The molecule has 0 amide bonds. The molecule has 2 aromatic rings. The SMILES string of the molecule is C=C[C@@H](COCc1ccccc1)[C@H](COCc1ccccc1)C(=C)C(=O)OC(C)C. The third kappa shape index (κ3) is 7.97. The van der Waals surface area contributed by atoms with Crippen molar-refractivity contribution in [2.24, 2.45) is 11.8 Å². The second-order valence-corrected chi connectivity index (χ2v) is 7.49. The summed E-state index contributed by atoms with van der Waals surface area (Å²) in [6, 6.07) is 19.9. The van der Waals surface area contributed by atoms with E-state index in [1.807, 2.05) is 74.5 Å². The van der Waals surface area contributed by atoms with Crippen molar-refractivity contribution in [3.05, 3.63) is 96.6 Å². The minimum absolute atomic E-state index is 0.128. The molecule has 4 heteroatoms. The molecule has 0 heterocycles. The number of hydrogen-bond acceptors (Lipinski definition) is 4. The average Bonchev–Trinajstić information content (AvgIpc) is 2.75. The maximum Gasteiger partial charge on any atom is 0.334 e. The third-order valence-electron chi connectivity index (χ3n) is 4.70. The van der Waals surface area contributed by atoms with Crippen molar-refractivity contribution in [2.75, 3.05) is 13.2 Å². The van der Waals surface area contributed by atoms with Crippen LogP contribution in [0.4, 0.5) is 0 Å². The molecule has 0 radical (unpaired) electrons. The third-order valence-corrected chi connectivity index (χ3v) is 4.70. The maximum absolute atomic E-state index is 12.5. The number of carbonyl (C=O) groups is 1. The van der Waals surface area contributed by atoms with Gasteiger partial charge in [0.2, 0.25) is 0 Å². The van der Waals surface area contributed by atoms with Gasteiger partial charge < -0.3 is 14.2 Å². The first-order valence-corrected chi connectivity index (χ1v) is 10.3. The van der Waals surface area contributed by atoms with E-state index in [4.69, 9.17) is 14.2 Å². The first-order chi connectivity index (χ1) is 14.5. The van der Waals surface area contributed by atoms with Crippen LogP contribution < -0.4 is 0 Å². The van der Waals surface area contributed by atoms with Gasteiger partial charge >= 0.3 is 5.97 Å². The van der Waals surface area contributed by atoms with Gasteiger partial charge in [0.05, 0.1) is 32.5 Å². The van der Waals surface area contributed by atoms with E-state index in [0.29, 0.717) is 32.0 Å². The Balaban J connectivity index is 2.01. The number of hydrogen-bond donors (Lipinski definition) is 0. The number of ether oxygens (including phenoxy) is 3. The van der Waals surface area contributed by atoms with E-state index in [0.717, 1.165) is 11.1 Å². The van der Waals surface area contributed by atoms with Crippen LogP contribution in [0.25, 0.3) is 0 Å². The fourth-order valence-corrected chi connectivity index (χ4v) is 3.04. The van der Waals surface area contributed by atoms with E-state index in [2.05, 4.69) is 13.2 Å². The first-order valence-electron chi connectivity index (χ1n) is 10.3. The minimum atomic E-state index is -0.409. The molecule has 0 N–H and O–H groups in total. The number of rotatable bonds is 13. The number of benzene rings is 2. The highest BCUT2D eigenvalue weighted by Crippen LogP contribution is 2.24. The average molecular weight is 409 g/mol. The summed E-state index contributed by atoms with van der Waals surface area (Å²) in [5.41, 5.74) is 2.54. The van der Waals surface area contributed by atoms with Crippen LogP contribution in [0.5, 0.6) is 0 Å². The molecule has 2 aromatic carbocycles. The molecule has 0 aliphatic carbocycles. The topological polar surface area (TPSA) is 44.8 Å². The van der Waals surface area contributed by atoms with E-state index >= 15 is 0 Å². The molecule has 0 saturated carbocycles. The van der Waals surface area contributed by atoms with Crippen LogP contribution >= 0.6 is 0 Å². The van der Waals surface area contributed by atoms with Gasteiger partial charge in [-0.2, -0.15) is 0 Å². The van der Waals surface area contributed by atoms with E-state index in [1.165, 1.54) is 0 Å². The van der Waals surface area contributed by atoms with Crippen molar-refractivity contribution < 1.29 is 19.0 Å². The minimum Gasteiger partial charge on any atom is -0.460 e.